The number of nitrogens with zero attached hydrogens (tertiary/aromatic N) is 1. The van der Waals surface area contributed by atoms with Crippen molar-refractivity contribution in [2.24, 2.45) is 0 Å². The van der Waals surface area contributed by atoms with Crippen molar-refractivity contribution in [1.82, 2.24) is 15.6 Å². The molecule has 4 heteroatoms. The molecule has 0 bridgehead atoms. The van der Waals surface area contributed by atoms with Crippen LogP contribution in [0.4, 0.5) is 0 Å². The first-order chi connectivity index (χ1) is 10.3. The fourth-order valence-electron chi connectivity index (χ4n) is 2.71. The number of hydrogen-bond acceptors (Lipinski definition) is 3. The predicted molar refractivity (Wildman–Crippen MR) is 82.1 cm³/mol. The molecule has 0 radical (unpaired) electrons. The normalized spacial score (nSPS) is 13.5. The number of carbonyl (C=O) groups excluding carboxylic acids is 1. The van der Waals surface area contributed by atoms with Crippen LogP contribution in [-0.4, -0.2) is 24.0 Å². The lowest BCUT2D eigenvalue weighted by Gasteiger charge is -2.19. The molecule has 2 heterocycles. The Morgan fingerprint density at radius 2 is 2.10 bits per heavy atom. The van der Waals surface area contributed by atoms with Gasteiger partial charge >= 0.3 is 0 Å². The van der Waals surface area contributed by atoms with Gasteiger partial charge in [-0.05, 0) is 54.3 Å². The Hall–Kier alpha value is -2.20. The molecule has 2 aromatic rings. The maximum Gasteiger partial charge on any atom is 0.251 e. The highest BCUT2D eigenvalue weighted by Crippen LogP contribution is 2.18. The number of nitrogens with one attached hydrogen (secondary N) is 2. The highest BCUT2D eigenvalue weighted by atomic mass is 16.1. The minimum Gasteiger partial charge on any atom is -0.352 e. The van der Waals surface area contributed by atoms with Crippen molar-refractivity contribution in [2.75, 3.05) is 13.1 Å². The summed E-state index contributed by atoms with van der Waals surface area (Å²) in [4.78, 5) is 16.4. The molecule has 1 aromatic carbocycles. The van der Waals surface area contributed by atoms with E-state index in [0.717, 1.165) is 31.5 Å². The van der Waals surface area contributed by atoms with E-state index < -0.39 is 0 Å². The molecule has 21 heavy (non-hydrogen) atoms. The Kier molecular flexibility index (Phi) is 4.26. The Balaban J connectivity index is 1.63. The standard InChI is InChI=1S/C17H19N3O/c21-17(20-11-6-13-4-8-18-9-5-13)16-3-1-2-14-12-19-10-7-15(14)16/h1-5,8-9,19H,6-7,10-12H2,(H,20,21). The fraction of sp³-hybridized carbons (Fsp3) is 0.294. The van der Waals surface area contributed by atoms with Crippen LogP contribution in [-0.2, 0) is 19.4 Å². The van der Waals surface area contributed by atoms with E-state index in [1.807, 2.05) is 24.3 Å². The van der Waals surface area contributed by atoms with Crippen LogP contribution in [0.25, 0.3) is 0 Å². The zero-order valence-corrected chi connectivity index (χ0v) is 11.9. The highest BCUT2D eigenvalue weighted by molar-refractivity contribution is 5.96. The molecule has 108 valence electrons. The molecular weight excluding hydrogens is 262 g/mol. The summed E-state index contributed by atoms with van der Waals surface area (Å²) in [6.45, 7) is 2.44. The summed E-state index contributed by atoms with van der Waals surface area (Å²) in [6.07, 6.45) is 5.30. The van der Waals surface area contributed by atoms with Gasteiger partial charge in [0.2, 0.25) is 0 Å². The number of benzene rings is 1. The van der Waals surface area contributed by atoms with Crippen molar-refractivity contribution in [3.05, 3.63) is 65.0 Å². The fourth-order valence-corrected chi connectivity index (χ4v) is 2.71. The lowest BCUT2D eigenvalue weighted by molar-refractivity contribution is 0.0953. The van der Waals surface area contributed by atoms with E-state index in [0.29, 0.717) is 6.54 Å². The number of carbonyl (C=O) groups is 1. The molecule has 1 aliphatic rings. The van der Waals surface area contributed by atoms with Crippen molar-refractivity contribution in [3.8, 4) is 0 Å². The van der Waals surface area contributed by atoms with Crippen molar-refractivity contribution in [2.45, 2.75) is 19.4 Å². The lowest BCUT2D eigenvalue weighted by Crippen LogP contribution is -2.30. The third kappa shape index (κ3) is 3.28. The maximum atomic E-state index is 12.4. The van der Waals surface area contributed by atoms with Crippen LogP contribution in [0.1, 0.15) is 27.0 Å². The van der Waals surface area contributed by atoms with Gasteiger partial charge in [0, 0.05) is 31.0 Å². The minimum absolute atomic E-state index is 0.0304. The maximum absolute atomic E-state index is 12.4. The Bertz CT molecular complexity index is 625. The summed E-state index contributed by atoms with van der Waals surface area (Å²) in [6, 6.07) is 9.93. The zero-order chi connectivity index (χ0) is 14.5. The number of aromatic nitrogens is 1. The minimum atomic E-state index is 0.0304. The summed E-state index contributed by atoms with van der Waals surface area (Å²) in [5, 5.41) is 6.35. The molecule has 1 amide bonds. The summed E-state index contributed by atoms with van der Waals surface area (Å²) < 4.78 is 0. The van der Waals surface area contributed by atoms with Gasteiger partial charge in [-0.1, -0.05) is 12.1 Å². The Labute approximate surface area is 124 Å². The molecular formula is C17H19N3O. The van der Waals surface area contributed by atoms with Crippen molar-refractivity contribution in [1.29, 1.82) is 0 Å². The van der Waals surface area contributed by atoms with Crippen LogP contribution in [0.2, 0.25) is 0 Å². The molecule has 3 rings (SSSR count). The predicted octanol–water partition coefficient (Wildman–Crippen LogP) is 1.70. The average Bonchev–Trinajstić information content (AvgIpc) is 2.55. The molecule has 0 unspecified atom stereocenters. The van der Waals surface area contributed by atoms with E-state index in [4.69, 9.17) is 0 Å². The van der Waals surface area contributed by atoms with E-state index in [-0.39, 0.29) is 5.91 Å². The van der Waals surface area contributed by atoms with Crippen LogP contribution in [0.3, 0.4) is 0 Å². The van der Waals surface area contributed by atoms with Crippen LogP contribution in [0, 0.1) is 0 Å². The molecule has 0 saturated heterocycles. The highest BCUT2D eigenvalue weighted by Gasteiger charge is 2.16. The molecule has 0 saturated carbocycles. The van der Waals surface area contributed by atoms with Gasteiger partial charge in [0.1, 0.15) is 0 Å². The van der Waals surface area contributed by atoms with Gasteiger partial charge in [0.05, 0.1) is 0 Å². The number of rotatable bonds is 4. The van der Waals surface area contributed by atoms with E-state index in [1.165, 1.54) is 16.7 Å². The van der Waals surface area contributed by atoms with Crippen LogP contribution in [0.5, 0.6) is 0 Å². The summed E-state index contributed by atoms with van der Waals surface area (Å²) in [7, 11) is 0. The third-order valence-electron chi connectivity index (χ3n) is 3.83. The first-order valence-electron chi connectivity index (χ1n) is 7.33. The topological polar surface area (TPSA) is 54.0 Å². The zero-order valence-electron chi connectivity index (χ0n) is 11.9. The van der Waals surface area contributed by atoms with Crippen molar-refractivity contribution >= 4 is 5.91 Å². The molecule has 0 atom stereocenters. The number of hydrogen-bond donors (Lipinski definition) is 2. The molecule has 0 spiro atoms. The summed E-state index contributed by atoms with van der Waals surface area (Å²) in [5.74, 6) is 0.0304. The molecule has 4 nitrogen and oxygen atoms in total. The van der Waals surface area contributed by atoms with Crippen LogP contribution < -0.4 is 10.6 Å². The number of fused-ring (bicyclic) bond motifs is 1. The first-order valence-corrected chi connectivity index (χ1v) is 7.33. The van der Waals surface area contributed by atoms with Gasteiger partial charge < -0.3 is 10.6 Å². The Morgan fingerprint density at radius 1 is 1.24 bits per heavy atom. The third-order valence-corrected chi connectivity index (χ3v) is 3.83. The summed E-state index contributed by atoms with van der Waals surface area (Å²) in [5.41, 5.74) is 4.44. The van der Waals surface area contributed by atoms with E-state index in [9.17, 15) is 4.79 Å². The van der Waals surface area contributed by atoms with Crippen molar-refractivity contribution < 1.29 is 4.79 Å². The molecule has 0 fully saturated rings. The summed E-state index contributed by atoms with van der Waals surface area (Å²) >= 11 is 0. The smallest absolute Gasteiger partial charge is 0.251 e. The SMILES string of the molecule is O=C(NCCc1ccncc1)c1cccc2c1CCNC2. The number of amides is 1. The van der Waals surface area contributed by atoms with E-state index >= 15 is 0 Å². The van der Waals surface area contributed by atoms with Gasteiger partial charge in [0.25, 0.3) is 5.91 Å². The van der Waals surface area contributed by atoms with Gasteiger partial charge in [-0.2, -0.15) is 0 Å². The second kappa shape index (κ2) is 6.50. The number of pyridine rings is 1. The molecule has 2 N–H and O–H groups in total. The second-order valence-electron chi connectivity index (χ2n) is 5.23. The van der Waals surface area contributed by atoms with Gasteiger partial charge in [-0.25, -0.2) is 0 Å². The van der Waals surface area contributed by atoms with E-state index in [2.05, 4.69) is 21.7 Å². The van der Waals surface area contributed by atoms with E-state index in [1.54, 1.807) is 12.4 Å². The second-order valence-corrected chi connectivity index (χ2v) is 5.23. The first kappa shape index (κ1) is 13.8. The lowest BCUT2D eigenvalue weighted by atomic mass is 9.95. The molecule has 1 aliphatic heterocycles. The Morgan fingerprint density at radius 3 is 2.95 bits per heavy atom. The molecule has 1 aromatic heterocycles. The van der Waals surface area contributed by atoms with Crippen molar-refractivity contribution in [3.63, 3.8) is 0 Å². The monoisotopic (exact) mass is 281 g/mol. The average molecular weight is 281 g/mol. The van der Waals surface area contributed by atoms with Gasteiger partial charge in [0.15, 0.2) is 0 Å². The van der Waals surface area contributed by atoms with Crippen LogP contribution >= 0.6 is 0 Å². The van der Waals surface area contributed by atoms with Crippen LogP contribution in [0.15, 0.2) is 42.7 Å². The molecule has 0 aliphatic carbocycles. The van der Waals surface area contributed by atoms with Gasteiger partial charge in [-0.3, -0.25) is 9.78 Å². The largest absolute Gasteiger partial charge is 0.352 e. The van der Waals surface area contributed by atoms with Gasteiger partial charge in [-0.15, -0.1) is 0 Å². The quantitative estimate of drug-likeness (QED) is 0.897.